The van der Waals surface area contributed by atoms with E-state index in [1.807, 2.05) is 6.07 Å². The van der Waals surface area contributed by atoms with Gasteiger partial charge in [0.25, 0.3) is 11.6 Å². The molecular formula is C18H11BrClN5O4. The fraction of sp³-hybridized carbons (Fsp3) is 0.0556. The fourth-order valence-corrected chi connectivity index (χ4v) is 3.04. The number of non-ortho nitro benzene ring substituents is 1. The van der Waals surface area contributed by atoms with Crippen LogP contribution in [-0.4, -0.2) is 20.6 Å². The number of carbonyl (C=O) groups excluding carboxylic acids is 1. The third kappa shape index (κ3) is 4.90. The van der Waals surface area contributed by atoms with Gasteiger partial charge in [0.15, 0.2) is 12.4 Å². The van der Waals surface area contributed by atoms with Crippen molar-refractivity contribution >= 4 is 44.8 Å². The first-order chi connectivity index (χ1) is 13.9. The Hall–Kier alpha value is -3.42. The van der Waals surface area contributed by atoms with Crippen molar-refractivity contribution in [3.05, 3.63) is 79.5 Å². The number of rotatable bonds is 6. The Morgan fingerprint density at radius 3 is 2.83 bits per heavy atom. The van der Waals surface area contributed by atoms with E-state index in [1.54, 1.807) is 24.4 Å². The second kappa shape index (κ2) is 8.72. The van der Waals surface area contributed by atoms with E-state index in [0.717, 1.165) is 10.5 Å². The van der Waals surface area contributed by atoms with E-state index in [4.69, 9.17) is 21.6 Å². The average molecular weight is 477 g/mol. The Morgan fingerprint density at radius 1 is 1.34 bits per heavy atom. The van der Waals surface area contributed by atoms with Crippen LogP contribution in [0.4, 0.5) is 11.4 Å². The molecule has 0 aliphatic rings. The zero-order valence-corrected chi connectivity index (χ0v) is 16.8. The quantitative estimate of drug-likeness (QED) is 0.416. The van der Waals surface area contributed by atoms with Crippen LogP contribution in [0.1, 0.15) is 16.1 Å². The second-order valence-corrected chi connectivity index (χ2v) is 6.96. The minimum atomic E-state index is -0.619. The molecule has 1 N–H and O–H groups in total. The third-order valence-electron chi connectivity index (χ3n) is 3.70. The molecule has 0 fully saturated rings. The Kier molecular flexibility index (Phi) is 6.11. The number of nitro groups is 1. The number of aromatic nitrogens is 2. The van der Waals surface area contributed by atoms with E-state index in [0.29, 0.717) is 10.8 Å². The van der Waals surface area contributed by atoms with Gasteiger partial charge in [-0.15, -0.1) is 0 Å². The predicted octanol–water partition coefficient (Wildman–Crippen LogP) is 4.37. The molecule has 146 valence electrons. The lowest BCUT2D eigenvalue weighted by Crippen LogP contribution is -2.15. The molecule has 0 saturated carbocycles. The Labute approximate surface area is 177 Å². The highest BCUT2D eigenvalue weighted by atomic mass is 79.9. The molecule has 11 heteroatoms. The van der Waals surface area contributed by atoms with Crippen LogP contribution < -0.4 is 10.1 Å². The van der Waals surface area contributed by atoms with Crippen molar-refractivity contribution in [2.75, 3.05) is 5.32 Å². The van der Waals surface area contributed by atoms with Crippen molar-refractivity contribution in [2.24, 2.45) is 0 Å². The number of amides is 1. The third-order valence-corrected chi connectivity index (χ3v) is 4.49. The van der Waals surface area contributed by atoms with Gasteiger partial charge < -0.3 is 10.1 Å². The summed E-state index contributed by atoms with van der Waals surface area (Å²) < 4.78 is 7.78. The molecule has 3 aromatic rings. The van der Waals surface area contributed by atoms with Gasteiger partial charge >= 0.3 is 0 Å². The number of carbonyl (C=O) groups is 1. The first kappa shape index (κ1) is 20.3. The van der Waals surface area contributed by atoms with Crippen LogP contribution in [0, 0.1) is 21.4 Å². The van der Waals surface area contributed by atoms with Crippen molar-refractivity contribution in [2.45, 2.75) is 6.73 Å². The maximum Gasteiger partial charge on any atom is 0.276 e. The van der Waals surface area contributed by atoms with E-state index in [-0.39, 0.29) is 29.4 Å². The first-order valence-electron chi connectivity index (χ1n) is 7.98. The summed E-state index contributed by atoms with van der Waals surface area (Å²) in [6.45, 7) is 0.0234. The monoisotopic (exact) mass is 475 g/mol. The van der Waals surface area contributed by atoms with Gasteiger partial charge in [-0.3, -0.25) is 14.9 Å². The summed E-state index contributed by atoms with van der Waals surface area (Å²) in [6.07, 6.45) is 1.54. The molecule has 3 rings (SSSR count). The minimum Gasteiger partial charge on any atom is -0.470 e. The number of anilines is 1. The number of ether oxygens (including phenoxy) is 1. The molecule has 0 unspecified atom stereocenters. The van der Waals surface area contributed by atoms with E-state index in [2.05, 4.69) is 26.3 Å². The molecule has 0 bridgehead atoms. The van der Waals surface area contributed by atoms with Gasteiger partial charge in [-0.1, -0.05) is 27.5 Å². The molecule has 9 nitrogen and oxygen atoms in total. The van der Waals surface area contributed by atoms with Gasteiger partial charge in [-0.25, -0.2) is 4.68 Å². The lowest BCUT2D eigenvalue weighted by molar-refractivity contribution is -0.384. The lowest BCUT2D eigenvalue weighted by Gasteiger charge is -2.08. The topological polar surface area (TPSA) is 123 Å². The molecule has 0 saturated heterocycles. The zero-order chi connectivity index (χ0) is 21.0. The van der Waals surface area contributed by atoms with Crippen LogP contribution in [0.5, 0.6) is 5.75 Å². The van der Waals surface area contributed by atoms with Crippen LogP contribution in [-0.2, 0) is 6.73 Å². The predicted molar refractivity (Wildman–Crippen MR) is 108 cm³/mol. The van der Waals surface area contributed by atoms with Crippen LogP contribution in [0.15, 0.2) is 53.1 Å². The molecule has 0 radical (unpaired) electrons. The molecule has 1 aromatic heterocycles. The van der Waals surface area contributed by atoms with E-state index >= 15 is 0 Å². The Balaban J connectivity index is 1.68. The average Bonchev–Trinajstić information content (AvgIpc) is 3.16. The summed E-state index contributed by atoms with van der Waals surface area (Å²) in [6, 6.07) is 12.0. The van der Waals surface area contributed by atoms with Crippen molar-refractivity contribution in [3.8, 4) is 11.8 Å². The SMILES string of the molecule is N#Cc1cc([N+](=O)[O-])ccc1NC(=O)c1ccn(COc2ccc(Br)cc2Cl)n1. The fourth-order valence-electron chi connectivity index (χ4n) is 2.32. The zero-order valence-electron chi connectivity index (χ0n) is 14.5. The van der Waals surface area contributed by atoms with E-state index < -0.39 is 10.8 Å². The molecule has 0 aliphatic carbocycles. The first-order valence-corrected chi connectivity index (χ1v) is 9.15. The largest absolute Gasteiger partial charge is 0.470 e. The van der Waals surface area contributed by atoms with Gasteiger partial charge in [0.2, 0.25) is 0 Å². The number of nitrogens with zero attached hydrogens (tertiary/aromatic N) is 4. The second-order valence-electron chi connectivity index (χ2n) is 5.64. The Morgan fingerprint density at radius 2 is 2.14 bits per heavy atom. The Bertz CT molecular complexity index is 1140. The number of hydrogen-bond acceptors (Lipinski definition) is 6. The number of hydrogen-bond donors (Lipinski definition) is 1. The van der Waals surface area contributed by atoms with Crippen LogP contribution in [0.3, 0.4) is 0 Å². The number of halogens is 2. The van der Waals surface area contributed by atoms with E-state index in [1.165, 1.54) is 22.9 Å². The highest BCUT2D eigenvalue weighted by Crippen LogP contribution is 2.28. The van der Waals surface area contributed by atoms with Crippen molar-refractivity contribution < 1.29 is 14.5 Å². The summed E-state index contributed by atoms with van der Waals surface area (Å²) >= 11 is 9.39. The summed E-state index contributed by atoms with van der Waals surface area (Å²) in [5.74, 6) is -0.114. The minimum absolute atomic E-state index is 0.0234. The smallest absolute Gasteiger partial charge is 0.276 e. The maximum atomic E-state index is 12.4. The van der Waals surface area contributed by atoms with Gasteiger partial charge in [0.1, 0.15) is 11.8 Å². The molecule has 0 aliphatic heterocycles. The lowest BCUT2D eigenvalue weighted by atomic mass is 10.1. The van der Waals surface area contributed by atoms with Crippen molar-refractivity contribution in [1.29, 1.82) is 5.26 Å². The highest BCUT2D eigenvalue weighted by Gasteiger charge is 2.15. The standard InChI is InChI=1S/C18H11BrClN5O4/c19-12-1-4-17(14(20)8-12)29-10-24-6-5-16(23-24)18(26)22-15-3-2-13(25(27)28)7-11(15)9-21/h1-8H,10H2,(H,22,26). The maximum absolute atomic E-state index is 12.4. The van der Waals surface area contributed by atoms with Gasteiger partial charge in [0, 0.05) is 22.8 Å². The van der Waals surface area contributed by atoms with Crippen LogP contribution in [0.2, 0.25) is 5.02 Å². The number of nitro benzene ring substituents is 1. The number of nitriles is 1. The summed E-state index contributed by atoms with van der Waals surface area (Å²) in [7, 11) is 0. The number of nitrogens with one attached hydrogen (secondary N) is 1. The van der Waals surface area contributed by atoms with Gasteiger partial charge in [-0.05, 0) is 30.3 Å². The molecule has 0 spiro atoms. The molecule has 0 atom stereocenters. The normalized spacial score (nSPS) is 10.2. The molecule has 1 amide bonds. The van der Waals surface area contributed by atoms with Gasteiger partial charge in [-0.2, -0.15) is 10.4 Å². The summed E-state index contributed by atoms with van der Waals surface area (Å²) in [4.78, 5) is 22.6. The summed E-state index contributed by atoms with van der Waals surface area (Å²) in [5.41, 5.74) is -0.0407. The number of benzene rings is 2. The van der Waals surface area contributed by atoms with E-state index in [9.17, 15) is 14.9 Å². The van der Waals surface area contributed by atoms with Crippen molar-refractivity contribution in [1.82, 2.24) is 9.78 Å². The van der Waals surface area contributed by atoms with Gasteiger partial charge in [0.05, 0.1) is 21.2 Å². The highest BCUT2D eigenvalue weighted by molar-refractivity contribution is 9.10. The summed E-state index contributed by atoms with van der Waals surface area (Å²) in [5, 5.41) is 27.0. The molecule has 2 aromatic carbocycles. The van der Waals surface area contributed by atoms with Crippen molar-refractivity contribution in [3.63, 3.8) is 0 Å². The van der Waals surface area contributed by atoms with Crippen LogP contribution in [0.25, 0.3) is 0 Å². The molecular weight excluding hydrogens is 466 g/mol. The van der Waals surface area contributed by atoms with Crippen LogP contribution >= 0.6 is 27.5 Å². The molecule has 1 heterocycles. The molecule has 29 heavy (non-hydrogen) atoms.